The van der Waals surface area contributed by atoms with E-state index in [9.17, 15) is 9.18 Å². The van der Waals surface area contributed by atoms with Crippen molar-refractivity contribution >= 4 is 5.78 Å². The van der Waals surface area contributed by atoms with Gasteiger partial charge in [-0.2, -0.15) is 0 Å². The highest BCUT2D eigenvalue weighted by atomic mass is 19.1. The van der Waals surface area contributed by atoms with Crippen molar-refractivity contribution in [2.45, 2.75) is 32.0 Å². The van der Waals surface area contributed by atoms with Gasteiger partial charge in [-0.15, -0.1) is 0 Å². The average molecular weight is 190 g/mol. The monoisotopic (exact) mass is 190 g/mol. The molecule has 3 nitrogen and oxygen atoms in total. The number of ether oxygens (including phenoxy) is 1. The van der Waals surface area contributed by atoms with Gasteiger partial charge in [-0.05, 0) is 20.3 Å². The van der Waals surface area contributed by atoms with E-state index in [0.29, 0.717) is 6.61 Å². The molecule has 2 atom stereocenters. The van der Waals surface area contributed by atoms with E-state index in [-0.39, 0.29) is 18.1 Å². The van der Waals surface area contributed by atoms with Crippen LogP contribution in [0.5, 0.6) is 0 Å². The van der Waals surface area contributed by atoms with E-state index in [2.05, 4.69) is 0 Å². The van der Waals surface area contributed by atoms with Crippen LogP contribution < -0.4 is 0 Å². The van der Waals surface area contributed by atoms with Gasteiger partial charge in [-0.3, -0.25) is 4.79 Å². The van der Waals surface area contributed by atoms with Crippen molar-refractivity contribution in [3.05, 3.63) is 0 Å². The molecule has 0 bridgehead atoms. The Labute approximate surface area is 76.9 Å². The van der Waals surface area contributed by atoms with Crippen LogP contribution in [0.15, 0.2) is 0 Å². The van der Waals surface area contributed by atoms with Crippen molar-refractivity contribution in [2.75, 3.05) is 13.3 Å². The van der Waals surface area contributed by atoms with Crippen LogP contribution in [0.2, 0.25) is 0 Å². The Morgan fingerprint density at radius 3 is 2.77 bits per heavy atom. The van der Waals surface area contributed by atoms with Crippen molar-refractivity contribution in [2.24, 2.45) is 5.92 Å². The maximum Gasteiger partial charge on any atom is 0.169 e. The van der Waals surface area contributed by atoms with Crippen molar-refractivity contribution in [3.8, 4) is 0 Å². The minimum Gasteiger partial charge on any atom is -0.390 e. The number of carbonyl (C=O) groups is 1. The number of hydrogen-bond donors (Lipinski definition) is 1. The largest absolute Gasteiger partial charge is 0.390 e. The van der Waals surface area contributed by atoms with Gasteiger partial charge in [0.15, 0.2) is 5.78 Å². The van der Waals surface area contributed by atoms with Gasteiger partial charge in [0.25, 0.3) is 0 Å². The molecule has 1 heterocycles. The number of hydrogen-bond acceptors (Lipinski definition) is 3. The predicted molar refractivity (Wildman–Crippen MR) is 45.1 cm³/mol. The third-order valence-corrected chi connectivity index (χ3v) is 2.34. The maximum absolute atomic E-state index is 12.0. The third kappa shape index (κ3) is 2.25. The van der Waals surface area contributed by atoms with Crippen molar-refractivity contribution < 1.29 is 19.0 Å². The fourth-order valence-electron chi connectivity index (χ4n) is 1.51. The van der Waals surface area contributed by atoms with E-state index < -0.39 is 18.4 Å². The molecule has 2 unspecified atom stereocenters. The van der Waals surface area contributed by atoms with Crippen LogP contribution in [-0.4, -0.2) is 35.9 Å². The van der Waals surface area contributed by atoms with Crippen LogP contribution in [0.25, 0.3) is 0 Å². The lowest BCUT2D eigenvalue weighted by Gasteiger charge is -2.15. The standard InChI is InChI=1S/C9H15FO3/c1-9(2)8(12)6(5-13-9)3-7(11)4-10/h6-7,11H,3-5H2,1-2H3. The maximum atomic E-state index is 12.0. The zero-order valence-electron chi connectivity index (χ0n) is 7.92. The summed E-state index contributed by atoms with van der Waals surface area (Å²) in [4.78, 5) is 11.5. The number of rotatable bonds is 3. The molecule has 1 fully saturated rings. The molecule has 13 heavy (non-hydrogen) atoms. The van der Waals surface area contributed by atoms with Crippen LogP contribution in [0, 0.1) is 5.92 Å². The van der Waals surface area contributed by atoms with E-state index in [1.807, 2.05) is 0 Å². The van der Waals surface area contributed by atoms with Crippen LogP contribution in [0.4, 0.5) is 4.39 Å². The lowest BCUT2D eigenvalue weighted by atomic mass is 9.92. The van der Waals surface area contributed by atoms with Crippen LogP contribution >= 0.6 is 0 Å². The van der Waals surface area contributed by atoms with E-state index >= 15 is 0 Å². The molecule has 0 aromatic heterocycles. The summed E-state index contributed by atoms with van der Waals surface area (Å²) >= 11 is 0. The van der Waals surface area contributed by atoms with Crippen LogP contribution in [-0.2, 0) is 9.53 Å². The van der Waals surface area contributed by atoms with E-state index in [4.69, 9.17) is 9.84 Å². The van der Waals surface area contributed by atoms with Gasteiger partial charge < -0.3 is 9.84 Å². The normalized spacial score (nSPS) is 29.2. The Bertz CT molecular complexity index is 203. The smallest absolute Gasteiger partial charge is 0.169 e. The first-order chi connectivity index (χ1) is 5.97. The summed E-state index contributed by atoms with van der Waals surface area (Å²) in [7, 11) is 0. The highest BCUT2D eigenvalue weighted by Gasteiger charge is 2.42. The Kier molecular flexibility index (Phi) is 3.03. The van der Waals surface area contributed by atoms with Gasteiger partial charge in [0, 0.05) is 5.92 Å². The highest BCUT2D eigenvalue weighted by Crippen LogP contribution is 2.28. The van der Waals surface area contributed by atoms with Gasteiger partial charge >= 0.3 is 0 Å². The van der Waals surface area contributed by atoms with Gasteiger partial charge in [0.05, 0.1) is 12.7 Å². The lowest BCUT2D eigenvalue weighted by Crippen LogP contribution is -2.31. The predicted octanol–water partition coefficient (Wildman–Crippen LogP) is 0.701. The topological polar surface area (TPSA) is 46.5 Å². The van der Waals surface area contributed by atoms with Gasteiger partial charge in [0.1, 0.15) is 12.3 Å². The SMILES string of the molecule is CC1(C)OCC(CC(O)CF)C1=O. The molecule has 1 aliphatic heterocycles. The molecule has 0 aromatic carbocycles. The second-order valence-corrected chi connectivity index (χ2v) is 3.93. The second-order valence-electron chi connectivity index (χ2n) is 3.93. The Morgan fingerprint density at radius 2 is 2.38 bits per heavy atom. The molecule has 1 N–H and O–H groups in total. The molecular formula is C9H15FO3. The van der Waals surface area contributed by atoms with Crippen molar-refractivity contribution in [3.63, 3.8) is 0 Å². The first kappa shape index (κ1) is 10.6. The zero-order chi connectivity index (χ0) is 10.1. The lowest BCUT2D eigenvalue weighted by molar-refractivity contribution is -0.130. The fraction of sp³-hybridized carbons (Fsp3) is 0.889. The molecule has 0 amide bonds. The summed E-state index contributed by atoms with van der Waals surface area (Å²) in [6, 6.07) is 0. The molecule has 0 radical (unpaired) electrons. The van der Waals surface area contributed by atoms with Gasteiger partial charge in [0.2, 0.25) is 0 Å². The summed E-state index contributed by atoms with van der Waals surface area (Å²) < 4.78 is 17.2. The second kappa shape index (κ2) is 3.72. The summed E-state index contributed by atoms with van der Waals surface area (Å²) in [5, 5.41) is 9.02. The number of alkyl halides is 1. The summed E-state index contributed by atoms with van der Waals surface area (Å²) in [5.74, 6) is -0.388. The number of aliphatic hydroxyl groups is 1. The number of carbonyl (C=O) groups excluding carboxylic acids is 1. The quantitative estimate of drug-likeness (QED) is 0.712. The molecule has 0 saturated carbocycles. The summed E-state index contributed by atoms with van der Waals surface area (Å²) in [5.41, 5.74) is -0.763. The van der Waals surface area contributed by atoms with Crippen LogP contribution in [0.3, 0.4) is 0 Å². The van der Waals surface area contributed by atoms with Gasteiger partial charge in [-0.1, -0.05) is 0 Å². The van der Waals surface area contributed by atoms with Crippen molar-refractivity contribution in [1.29, 1.82) is 0 Å². The molecule has 0 aliphatic carbocycles. The summed E-state index contributed by atoms with van der Waals surface area (Å²) in [6.07, 6.45) is -0.870. The van der Waals surface area contributed by atoms with Crippen LogP contribution in [0.1, 0.15) is 20.3 Å². The van der Waals surface area contributed by atoms with E-state index in [1.54, 1.807) is 13.8 Å². The van der Waals surface area contributed by atoms with Gasteiger partial charge in [-0.25, -0.2) is 4.39 Å². The molecule has 76 valence electrons. The molecule has 0 spiro atoms. The number of Topliss-reactive ketones (excluding diaryl/α,β-unsaturated/α-hetero) is 1. The van der Waals surface area contributed by atoms with E-state index in [1.165, 1.54) is 0 Å². The molecule has 1 rings (SSSR count). The zero-order valence-corrected chi connectivity index (χ0v) is 7.92. The fourth-order valence-corrected chi connectivity index (χ4v) is 1.51. The Hall–Kier alpha value is -0.480. The Balaban J connectivity index is 2.51. The molecular weight excluding hydrogens is 175 g/mol. The number of halogens is 1. The third-order valence-electron chi connectivity index (χ3n) is 2.34. The minimum absolute atomic E-state index is 0.0417. The molecule has 1 saturated heterocycles. The number of ketones is 1. The molecule has 1 aliphatic rings. The first-order valence-corrected chi connectivity index (χ1v) is 4.39. The highest BCUT2D eigenvalue weighted by molar-refractivity contribution is 5.90. The molecule has 4 heteroatoms. The summed E-state index contributed by atoms with van der Waals surface area (Å²) in [6.45, 7) is 2.88. The molecule has 0 aromatic rings. The van der Waals surface area contributed by atoms with E-state index in [0.717, 1.165) is 0 Å². The number of aliphatic hydroxyl groups excluding tert-OH is 1. The Morgan fingerprint density at radius 1 is 1.77 bits per heavy atom. The first-order valence-electron chi connectivity index (χ1n) is 4.39. The van der Waals surface area contributed by atoms with Crippen molar-refractivity contribution in [1.82, 2.24) is 0 Å². The minimum atomic E-state index is -1.04. The average Bonchev–Trinajstić information content (AvgIpc) is 2.32.